The maximum Gasteiger partial charge on any atom is 0.322 e. The van der Waals surface area contributed by atoms with Crippen LogP contribution in [0, 0.1) is 6.92 Å². The average molecular weight is 354 g/mol. The number of tetrazole rings is 1. The summed E-state index contributed by atoms with van der Waals surface area (Å²) in [4.78, 5) is 16.6. The second-order valence-corrected chi connectivity index (χ2v) is 5.99. The molecule has 0 aliphatic heterocycles. The number of rotatable bonds is 4. The summed E-state index contributed by atoms with van der Waals surface area (Å²) in [6.45, 7) is 1.88. The van der Waals surface area contributed by atoms with Crippen LogP contribution in [0.25, 0.3) is 17.3 Å². The highest BCUT2D eigenvalue weighted by Gasteiger charge is 2.15. The highest BCUT2D eigenvalue weighted by molar-refractivity contribution is 7.09. The number of benzene rings is 1. The van der Waals surface area contributed by atoms with Crippen LogP contribution in [-0.2, 0) is 0 Å². The lowest BCUT2D eigenvalue weighted by molar-refractivity contribution is 0.102. The maximum absolute atomic E-state index is 12.4. The Morgan fingerprint density at radius 2 is 2.24 bits per heavy atom. The van der Waals surface area contributed by atoms with Gasteiger partial charge in [0.2, 0.25) is 0 Å². The van der Waals surface area contributed by atoms with Gasteiger partial charge in [-0.15, -0.1) is 21.5 Å². The van der Waals surface area contributed by atoms with Gasteiger partial charge in [-0.3, -0.25) is 10.1 Å². The van der Waals surface area contributed by atoms with Gasteiger partial charge in [0, 0.05) is 10.9 Å². The molecular formula is C14H10N8O2S. The van der Waals surface area contributed by atoms with Gasteiger partial charge in [-0.05, 0) is 35.5 Å². The molecule has 3 aromatic heterocycles. The molecule has 1 N–H and O–H groups in total. The fourth-order valence-corrected chi connectivity index (χ4v) is 2.66. The third kappa shape index (κ3) is 3.12. The van der Waals surface area contributed by atoms with E-state index in [9.17, 15) is 4.79 Å². The van der Waals surface area contributed by atoms with Gasteiger partial charge in [-0.25, -0.2) is 9.67 Å². The molecule has 0 spiro atoms. The van der Waals surface area contributed by atoms with Crippen molar-refractivity contribution in [3.63, 3.8) is 0 Å². The minimum Gasteiger partial charge on any atom is -0.401 e. The molecule has 124 valence electrons. The maximum atomic E-state index is 12.4. The Morgan fingerprint density at radius 1 is 1.32 bits per heavy atom. The Kier molecular flexibility index (Phi) is 3.74. The van der Waals surface area contributed by atoms with E-state index in [0.717, 1.165) is 5.01 Å². The first-order valence-electron chi connectivity index (χ1n) is 7.10. The molecule has 25 heavy (non-hydrogen) atoms. The number of thiazole rings is 1. The zero-order chi connectivity index (χ0) is 17.2. The van der Waals surface area contributed by atoms with E-state index < -0.39 is 0 Å². The number of aromatic nitrogens is 7. The summed E-state index contributed by atoms with van der Waals surface area (Å²) in [6.07, 6.45) is 1.44. The highest BCUT2D eigenvalue weighted by atomic mass is 32.1. The van der Waals surface area contributed by atoms with E-state index in [0.29, 0.717) is 16.9 Å². The third-order valence-electron chi connectivity index (χ3n) is 3.21. The summed E-state index contributed by atoms with van der Waals surface area (Å²) in [5.41, 5.74) is 1.63. The van der Waals surface area contributed by atoms with E-state index in [2.05, 4.69) is 36.0 Å². The quantitative estimate of drug-likeness (QED) is 0.587. The predicted molar refractivity (Wildman–Crippen MR) is 87.3 cm³/mol. The second-order valence-electron chi connectivity index (χ2n) is 4.92. The molecule has 0 saturated carbocycles. The number of hydrogen-bond acceptors (Lipinski definition) is 9. The predicted octanol–water partition coefficient (Wildman–Crippen LogP) is 1.73. The smallest absolute Gasteiger partial charge is 0.322 e. The Balaban J connectivity index is 1.53. The molecule has 10 nitrogen and oxygen atoms in total. The minimum atomic E-state index is -0.389. The van der Waals surface area contributed by atoms with Gasteiger partial charge in [0.05, 0.1) is 10.7 Å². The molecule has 4 rings (SSSR count). The number of anilines is 1. The van der Waals surface area contributed by atoms with Crippen molar-refractivity contribution in [2.75, 3.05) is 5.32 Å². The topological polar surface area (TPSA) is 125 Å². The summed E-state index contributed by atoms with van der Waals surface area (Å²) < 4.78 is 6.88. The van der Waals surface area contributed by atoms with Gasteiger partial charge < -0.3 is 4.42 Å². The van der Waals surface area contributed by atoms with E-state index in [1.807, 2.05) is 12.3 Å². The largest absolute Gasteiger partial charge is 0.401 e. The van der Waals surface area contributed by atoms with E-state index >= 15 is 0 Å². The zero-order valence-electron chi connectivity index (χ0n) is 12.8. The zero-order valence-corrected chi connectivity index (χ0v) is 13.6. The van der Waals surface area contributed by atoms with E-state index in [-0.39, 0.29) is 17.8 Å². The van der Waals surface area contributed by atoms with Crippen LogP contribution in [0.15, 0.2) is 40.4 Å². The van der Waals surface area contributed by atoms with Crippen molar-refractivity contribution in [1.82, 2.24) is 35.4 Å². The number of nitrogens with one attached hydrogen (secondary N) is 1. The minimum absolute atomic E-state index is 0.00141. The van der Waals surface area contributed by atoms with Crippen molar-refractivity contribution in [3.05, 3.63) is 46.5 Å². The third-order valence-corrected chi connectivity index (χ3v) is 3.98. The Labute approximate surface area is 144 Å². The molecule has 1 aromatic carbocycles. The van der Waals surface area contributed by atoms with Crippen LogP contribution >= 0.6 is 11.3 Å². The molecule has 0 saturated heterocycles. The SMILES string of the molecule is Cc1nc(-c2nnc(NC(=O)c3cccc(-n4cnnn4)c3)o2)cs1. The van der Waals surface area contributed by atoms with Crippen molar-refractivity contribution < 1.29 is 9.21 Å². The molecule has 11 heteroatoms. The van der Waals surface area contributed by atoms with Crippen LogP contribution < -0.4 is 5.32 Å². The van der Waals surface area contributed by atoms with Crippen LogP contribution in [-0.4, -0.2) is 41.3 Å². The molecule has 0 bridgehead atoms. The number of aryl methyl sites for hydroxylation is 1. The molecule has 0 atom stereocenters. The van der Waals surface area contributed by atoms with Crippen molar-refractivity contribution in [3.8, 4) is 17.3 Å². The lowest BCUT2D eigenvalue weighted by Crippen LogP contribution is -2.12. The number of amides is 1. The molecule has 0 fully saturated rings. The fourth-order valence-electron chi connectivity index (χ4n) is 2.08. The first-order valence-corrected chi connectivity index (χ1v) is 7.98. The van der Waals surface area contributed by atoms with Crippen LogP contribution in [0.1, 0.15) is 15.4 Å². The molecule has 4 aromatic rings. The lowest BCUT2D eigenvalue weighted by Gasteiger charge is -2.03. The number of hydrogen-bond donors (Lipinski definition) is 1. The van der Waals surface area contributed by atoms with E-state index in [1.165, 1.54) is 22.3 Å². The summed E-state index contributed by atoms with van der Waals surface area (Å²) in [7, 11) is 0. The molecule has 0 aliphatic carbocycles. The number of carbonyl (C=O) groups is 1. The highest BCUT2D eigenvalue weighted by Crippen LogP contribution is 2.22. The van der Waals surface area contributed by atoms with Gasteiger partial charge in [0.1, 0.15) is 12.0 Å². The molecule has 1 amide bonds. The van der Waals surface area contributed by atoms with Gasteiger partial charge in [-0.2, -0.15) is 0 Å². The molecule has 0 radical (unpaired) electrons. The summed E-state index contributed by atoms with van der Waals surface area (Å²) >= 11 is 1.47. The summed E-state index contributed by atoms with van der Waals surface area (Å²) in [5, 5.41) is 23.9. The average Bonchev–Trinajstić information content (AvgIpc) is 3.36. The van der Waals surface area contributed by atoms with Crippen molar-refractivity contribution >= 4 is 23.3 Å². The lowest BCUT2D eigenvalue weighted by atomic mass is 10.2. The Morgan fingerprint density at radius 3 is 3.00 bits per heavy atom. The number of nitrogens with zero attached hydrogens (tertiary/aromatic N) is 7. The van der Waals surface area contributed by atoms with Gasteiger partial charge in [0.25, 0.3) is 11.8 Å². The summed E-state index contributed by atoms with van der Waals surface area (Å²) in [5.74, 6) is -0.137. The summed E-state index contributed by atoms with van der Waals surface area (Å²) in [6, 6.07) is 6.81. The monoisotopic (exact) mass is 354 g/mol. The van der Waals surface area contributed by atoms with Crippen molar-refractivity contribution in [1.29, 1.82) is 0 Å². The van der Waals surface area contributed by atoms with Gasteiger partial charge >= 0.3 is 6.01 Å². The first-order chi connectivity index (χ1) is 12.2. The van der Waals surface area contributed by atoms with Gasteiger partial charge in [-0.1, -0.05) is 11.2 Å². The first kappa shape index (κ1) is 15.1. The van der Waals surface area contributed by atoms with Crippen LogP contribution in [0.5, 0.6) is 0 Å². The van der Waals surface area contributed by atoms with Crippen LogP contribution in [0.2, 0.25) is 0 Å². The molecule has 0 unspecified atom stereocenters. The fraction of sp³-hybridized carbons (Fsp3) is 0.0714. The van der Waals surface area contributed by atoms with E-state index in [4.69, 9.17) is 4.42 Å². The second kappa shape index (κ2) is 6.20. The number of carbonyl (C=O) groups excluding carboxylic acids is 1. The van der Waals surface area contributed by atoms with E-state index in [1.54, 1.807) is 24.3 Å². The molecule has 3 heterocycles. The Hall–Kier alpha value is -3.47. The molecular weight excluding hydrogens is 344 g/mol. The van der Waals surface area contributed by atoms with Crippen molar-refractivity contribution in [2.45, 2.75) is 6.92 Å². The van der Waals surface area contributed by atoms with Gasteiger partial charge in [0.15, 0.2) is 0 Å². The van der Waals surface area contributed by atoms with Crippen LogP contribution in [0.4, 0.5) is 6.01 Å². The standard InChI is InChI=1S/C14H10N8O2S/c1-8-16-11(6-25-8)13-18-19-14(24-13)17-12(23)9-3-2-4-10(5-9)22-7-15-20-21-22/h2-7H,1H3,(H,17,19,23). The normalized spacial score (nSPS) is 10.8. The van der Waals surface area contributed by atoms with Crippen molar-refractivity contribution in [2.24, 2.45) is 0 Å². The van der Waals surface area contributed by atoms with Crippen LogP contribution in [0.3, 0.4) is 0 Å². The Bertz CT molecular complexity index is 1020. The molecule has 0 aliphatic rings.